The molecule has 0 amide bonds. The number of carboxylic acids is 1. The molecule has 0 radical (unpaired) electrons. The highest BCUT2D eigenvalue weighted by molar-refractivity contribution is 7.89. The van der Waals surface area contributed by atoms with E-state index in [9.17, 15) is 13.2 Å². The molecule has 0 aliphatic rings. The van der Waals surface area contributed by atoms with Crippen molar-refractivity contribution >= 4 is 16.0 Å². The summed E-state index contributed by atoms with van der Waals surface area (Å²) in [5.41, 5.74) is 0. The van der Waals surface area contributed by atoms with E-state index >= 15 is 0 Å². The maximum absolute atomic E-state index is 11.7. The number of nitrogens with zero attached hydrogens (tertiary/aromatic N) is 2. The van der Waals surface area contributed by atoms with Crippen molar-refractivity contribution in [1.29, 1.82) is 0 Å². The van der Waals surface area contributed by atoms with Gasteiger partial charge < -0.3 is 5.11 Å². The van der Waals surface area contributed by atoms with Gasteiger partial charge in [0.15, 0.2) is 0 Å². The second-order valence-electron chi connectivity index (χ2n) is 3.43. The zero-order valence-corrected chi connectivity index (χ0v) is 10.3. The van der Waals surface area contributed by atoms with Crippen LogP contribution in [0.4, 0.5) is 0 Å². The highest BCUT2D eigenvalue weighted by Crippen LogP contribution is 2.06. The van der Waals surface area contributed by atoms with Crippen LogP contribution in [0, 0.1) is 0 Å². The van der Waals surface area contributed by atoms with Crippen molar-refractivity contribution in [1.82, 2.24) is 14.5 Å². The first-order valence-corrected chi connectivity index (χ1v) is 6.68. The Kier molecular flexibility index (Phi) is 4.64. The fourth-order valence-electron chi connectivity index (χ4n) is 1.19. The molecular formula is C9H15N3O4S. The van der Waals surface area contributed by atoms with Crippen LogP contribution in [0.2, 0.25) is 0 Å². The molecule has 1 aromatic heterocycles. The molecule has 0 spiro atoms. The predicted octanol–water partition coefficient (Wildman–Crippen LogP) is 0.0461. The molecule has 17 heavy (non-hydrogen) atoms. The molecule has 0 aromatic carbocycles. The first-order chi connectivity index (χ1) is 7.95. The molecule has 0 unspecified atom stereocenters. The largest absolute Gasteiger partial charge is 0.481 e. The van der Waals surface area contributed by atoms with Crippen LogP contribution in [-0.4, -0.2) is 35.8 Å². The van der Waals surface area contributed by atoms with E-state index in [0.717, 1.165) is 0 Å². The molecule has 1 heterocycles. The molecule has 8 heteroatoms. The quantitative estimate of drug-likeness (QED) is 0.675. The highest BCUT2D eigenvalue weighted by atomic mass is 32.2. The van der Waals surface area contributed by atoms with Crippen LogP contribution < -0.4 is 4.72 Å². The summed E-state index contributed by atoms with van der Waals surface area (Å²) in [5, 5.41) is 12.3. The van der Waals surface area contributed by atoms with Gasteiger partial charge in [-0.25, -0.2) is 13.1 Å². The van der Waals surface area contributed by atoms with Gasteiger partial charge in [-0.15, -0.1) is 0 Å². The van der Waals surface area contributed by atoms with E-state index in [2.05, 4.69) is 9.82 Å². The standard InChI is InChI=1S/C9H15N3O4S/c1-2-12-7-8(6-10-12)17(15,16)11-5-3-4-9(13)14/h6-7,11H,2-5H2,1H3,(H,13,14). The second kappa shape index (κ2) is 5.78. The van der Waals surface area contributed by atoms with Gasteiger partial charge in [-0.3, -0.25) is 9.48 Å². The summed E-state index contributed by atoms with van der Waals surface area (Å²) in [6.45, 7) is 2.55. The van der Waals surface area contributed by atoms with Crippen LogP contribution in [0.25, 0.3) is 0 Å². The van der Waals surface area contributed by atoms with Gasteiger partial charge in [0.2, 0.25) is 10.0 Å². The number of hydrogen-bond donors (Lipinski definition) is 2. The van der Waals surface area contributed by atoms with Crippen LogP contribution >= 0.6 is 0 Å². The van der Waals surface area contributed by atoms with Crippen molar-refractivity contribution in [3.05, 3.63) is 12.4 Å². The van der Waals surface area contributed by atoms with Crippen molar-refractivity contribution in [2.24, 2.45) is 0 Å². The number of carboxylic acid groups (broad SMARTS) is 1. The molecule has 96 valence electrons. The Labute approximate surface area is 99.5 Å². The lowest BCUT2D eigenvalue weighted by atomic mass is 10.3. The third-order valence-electron chi connectivity index (χ3n) is 2.10. The van der Waals surface area contributed by atoms with Gasteiger partial charge in [0.1, 0.15) is 4.90 Å². The number of aliphatic carboxylic acids is 1. The Hall–Kier alpha value is -1.41. The van der Waals surface area contributed by atoms with Gasteiger partial charge in [0, 0.05) is 25.7 Å². The number of hydrogen-bond acceptors (Lipinski definition) is 4. The van der Waals surface area contributed by atoms with E-state index in [1.807, 2.05) is 6.92 Å². The fourth-order valence-corrected chi connectivity index (χ4v) is 2.21. The van der Waals surface area contributed by atoms with Crippen molar-refractivity contribution in [3.63, 3.8) is 0 Å². The molecule has 1 aromatic rings. The normalized spacial score (nSPS) is 11.6. The number of carbonyl (C=O) groups is 1. The van der Waals surface area contributed by atoms with Crippen LogP contribution in [0.3, 0.4) is 0 Å². The van der Waals surface area contributed by atoms with Crippen LogP contribution in [0.1, 0.15) is 19.8 Å². The number of rotatable bonds is 7. The molecule has 0 atom stereocenters. The molecule has 0 fully saturated rings. The average Bonchev–Trinajstić information content (AvgIpc) is 2.73. The maximum Gasteiger partial charge on any atom is 0.303 e. The SMILES string of the molecule is CCn1cc(S(=O)(=O)NCCCC(=O)O)cn1. The molecule has 0 aliphatic heterocycles. The molecule has 0 saturated heterocycles. The van der Waals surface area contributed by atoms with Crippen LogP contribution in [0.5, 0.6) is 0 Å². The molecule has 0 saturated carbocycles. The van der Waals surface area contributed by atoms with E-state index < -0.39 is 16.0 Å². The molecule has 0 bridgehead atoms. The lowest BCUT2D eigenvalue weighted by Gasteiger charge is -2.02. The lowest BCUT2D eigenvalue weighted by Crippen LogP contribution is -2.24. The number of nitrogens with one attached hydrogen (secondary N) is 1. The van der Waals surface area contributed by atoms with Gasteiger partial charge in [0.25, 0.3) is 0 Å². The molecule has 7 nitrogen and oxygen atoms in total. The Bertz CT molecular complexity index is 480. The van der Waals surface area contributed by atoms with Gasteiger partial charge in [-0.1, -0.05) is 0 Å². The Morgan fingerprint density at radius 3 is 2.82 bits per heavy atom. The minimum absolute atomic E-state index is 0.0588. The third kappa shape index (κ3) is 4.16. The van der Waals surface area contributed by atoms with Gasteiger partial charge in [0.05, 0.1) is 6.20 Å². The van der Waals surface area contributed by atoms with E-state index in [4.69, 9.17) is 5.11 Å². The summed E-state index contributed by atoms with van der Waals surface area (Å²) in [6, 6.07) is 0. The Balaban J connectivity index is 2.53. The van der Waals surface area contributed by atoms with Crippen molar-refractivity contribution < 1.29 is 18.3 Å². The van der Waals surface area contributed by atoms with E-state index in [-0.39, 0.29) is 24.3 Å². The Morgan fingerprint density at radius 1 is 1.59 bits per heavy atom. The minimum atomic E-state index is -3.57. The van der Waals surface area contributed by atoms with Gasteiger partial charge in [-0.2, -0.15) is 5.10 Å². The van der Waals surface area contributed by atoms with E-state index in [1.165, 1.54) is 17.1 Å². The zero-order valence-electron chi connectivity index (χ0n) is 9.46. The summed E-state index contributed by atoms with van der Waals surface area (Å²) in [6.07, 6.45) is 2.90. The summed E-state index contributed by atoms with van der Waals surface area (Å²) < 4.78 is 27.2. The number of sulfonamides is 1. The second-order valence-corrected chi connectivity index (χ2v) is 5.19. The summed E-state index contributed by atoms with van der Waals surface area (Å²) in [5.74, 6) is -0.942. The summed E-state index contributed by atoms with van der Waals surface area (Å²) in [4.78, 5) is 10.3. The smallest absolute Gasteiger partial charge is 0.303 e. The van der Waals surface area contributed by atoms with Crippen molar-refractivity contribution in [3.8, 4) is 0 Å². The number of aromatic nitrogens is 2. The molecule has 1 rings (SSSR count). The monoisotopic (exact) mass is 261 g/mol. The maximum atomic E-state index is 11.7. The van der Waals surface area contributed by atoms with Gasteiger partial charge in [-0.05, 0) is 13.3 Å². The number of aryl methyl sites for hydroxylation is 1. The highest BCUT2D eigenvalue weighted by Gasteiger charge is 2.15. The average molecular weight is 261 g/mol. The molecular weight excluding hydrogens is 246 g/mol. The van der Waals surface area contributed by atoms with E-state index in [0.29, 0.717) is 6.54 Å². The van der Waals surface area contributed by atoms with Crippen molar-refractivity contribution in [2.45, 2.75) is 31.2 Å². The zero-order chi connectivity index (χ0) is 12.9. The first-order valence-electron chi connectivity index (χ1n) is 5.19. The first kappa shape index (κ1) is 13.7. The van der Waals surface area contributed by atoms with Gasteiger partial charge >= 0.3 is 5.97 Å². The van der Waals surface area contributed by atoms with Crippen LogP contribution in [-0.2, 0) is 21.4 Å². The Morgan fingerprint density at radius 2 is 2.29 bits per heavy atom. The van der Waals surface area contributed by atoms with E-state index in [1.54, 1.807) is 0 Å². The van der Waals surface area contributed by atoms with Crippen LogP contribution in [0.15, 0.2) is 17.3 Å². The predicted molar refractivity (Wildman–Crippen MR) is 60.0 cm³/mol. The summed E-state index contributed by atoms with van der Waals surface area (Å²) in [7, 11) is -3.57. The fraction of sp³-hybridized carbons (Fsp3) is 0.556. The lowest BCUT2D eigenvalue weighted by molar-refractivity contribution is -0.137. The minimum Gasteiger partial charge on any atom is -0.481 e. The third-order valence-corrected chi connectivity index (χ3v) is 3.52. The summed E-state index contributed by atoms with van der Waals surface area (Å²) >= 11 is 0. The van der Waals surface area contributed by atoms with Crippen molar-refractivity contribution in [2.75, 3.05) is 6.54 Å². The topological polar surface area (TPSA) is 101 Å². The molecule has 2 N–H and O–H groups in total. The molecule has 0 aliphatic carbocycles.